The molecule has 1 aromatic rings. The molecule has 76 valence electrons. The first-order valence-corrected chi connectivity index (χ1v) is 5.72. The van der Waals surface area contributed by atoms with Crippen molar-refractivity contribution in [3.63, 3.8) is 0 Å². The Balaban J connectivity index is 1.87. The molecule has 0 atom stereocenters. The summed E-state index contributed by atoms with van der Waals surface area (Å²) in [5, 5.41) is 6.66. The molecule has 1 aliphatic carbocycles. The molecule has 0 spiro atoms. The minimum atomic E-state index is -0.0214. The van der Waals surface area contributed by atoms with Crippen molar-refractivity contribution in [2.45, 2.75) is 38.1 Å². The monoisotopic (exact) mass is 211 g/mol. The van der Waals surface area contributed by atoms with Gasteiger partial charge in [-0.3, -0.25) is 4.79 Å². The van der Waals surface area contributed by atoms with Crippen LogP contribution in [0.15, 0.2) is 6.20 Å². The van der Waals surface area contributed by atoms with Gasteiger partial charge >= 0.3 is 0 Å². The standard InChI is InChI=1S/C9H13N3OS/c13-9(8-6-10-12-14-8)11-7-4-2-1-3-5-7/h6-7H,1-5H2,(H,11,13). The van der Waals surface area contributed by atoms with Crippen LogP contribution in [0.3, 0.4) is 0 Å². The van der Waals surface area contributed by atoms with Crippen LogP contribution in [0.25, 0.3) is 0 Å². The fourth-order valence-electron chi connectivity index (χ4n) is 1.77. The number of carbonyl (C=O) groups excluding carboxylic acids is 1. The molecule has 0 aromatic carbocycles. The quantitative estimate of drug-likeness (QED) is 0.808. The van der Waals surface area contributed by atoms with E-state index in [2.05, 4.69) is 14.9 Å². The first kappa shape index (κ1) is 9.58. The van der Waals surface area contributed by atoms with E-state index in [0.29, 0.717) is 10.9 Å². The first-order valence-electron chi connectivity index (χ1n) is 4.94. The predicted molar refractivity (Wildman–Crippen MR) is 54.2 cm³/mol. The number of nitrogens with zero attached hydrogens (tertiary/aromatic N) is 2. The van der Waals surface area contributed by atoms with E-state index >= 15 is 0 Å². The van der Waals surface area contributed by atoms with Gasteiger partial charge in [0.15, 0.2) is 0 Å². The van der Waals surface area contributed by atoms with E-state index in [4.69, 9.17) is 0 Å². The van der Waals surface area contributed by atoms with Crippen molar-refractivity contribution in [3.05, 3.63) is 11.1 Å². The summed E-state index contributed by atoms with van der Waals surface area (Å²) >= 11 is 1.15. The third kappa shape index (κ3) is 2.29. The van der Waals surface area contributed by atoms with Gasteiger partial charge in [0.05, 0.1) is 6.20 Å². The summed E-state index contributed by atoms with van der Waals surface area (Å²) < 4.78 is 3.67. The number of nitrogens with one attached hydrogen (secondary N) is 1. The molecule has 0 radical (unpaired) electrons. The van der Waals surface area contributed by atoms with Crippen molar-refractivity contribution >= 4 is 17.4 Å². The second-order valence-electron chi connectivity index (χ2n) is 3.59. The van der Waals surface area contributed by atoms with E-state index in [1.54, 1.807) is 0 Å². The van der Waals surface area contributed by atoms with Crippen LogP contribution < -0.4 is 5.32 Å². The molecule has 1 aliphatic rings. The molecule has 14 heavy (non-hydrogen) atoms. The lowest BCUT2D eigenvalue weighted by atomic mass is 9.95. The van der Waals surface area contributed by atoms with Crippen LogP contribution in [-0.2, 0) is 0 Å². The average molecular weight is 211 g/mol. The van der Waals surface area contributed by atoms with E-state index in [1.807, 2.05) is 0 Å². The van der Waals surface area contributed by atoms with Gasteiger partial charge in [-0.25, -0.2) is 0 Å². The molecule has 1 aromatic heterocycles. The maximum atomic E-state index is 11.6. The molecule has 0 saturated heterocycles. The van der Waals surface area contributed by atoms with Gasteiger partial charge < -0.3 is 5.32 Å². The highest BCUT2D eigenvalue weighted by Crippen LogP contribution is 2.17. The molecular formula is C9H13N3OS. The van der Waals surface area contributed by atoms with Crippen molar-refractivity contribution in [1.29, 1.82) is 0 Å². The van der Waals surface area contributed by atoms with Crippen LogP contribution in [0.4, 0.5) is 0 Å². The highest BCUT2D eigenvalue weighted by atomic mass is 32.1. The first-order chi connectivity index (χ1) is 6.86. The Bertz CT molecular complexity index is 293. The van der Waals surface area contributed by atoms with Gasteiger partial charge in [0.2, 0.25) is 0 Å². The third-order valence-electron chi connectivity index (χ3n) is 2.53. The molecule has 5 heteroatoms. The molecule has 1 heterocycles. The van der Waals surface area contributed by atoms with Gasteiger partial charge in [0, 0.05) is 6.04 Å². The lowest BCUT2D eigenvalue weighted by molar-refractivity contribution is 0.0931. The van der Waals surface area contributed by atoms with E-state index in [1.165, 1.54) is 25.5 Å². The van der Waals surface area contributed by atoms with Crippen molar-refractivity contribution in [2.75, 3.05) is 0 Å². The van der Waals surface area contributed by atoms with Crippen LogP contribution in [0.2, 0.25) is 0 Å². The van der Waals surface area contributed by atoms with Gasteiger partial charge in [-0.15, -0.1) is 5.10 Å². The Labute approximate surface area is 86.9 Å². The highest BCUT2D eigenvalue weighted by molar-refractivity contribution is 7.07. The zero-order valence-corrected chi connectivity index (χ0v) is 8.72. The van der Waals surface area contributed by atoms with Crippen LogP contribution in [0, 0.1) is 0 Å². The van der Waals surface area contributed by atoms with E-state index in [0.717, 1.165) is 24.4 Å². The number of aromatic nitrogens is 2. The second-order valence-corrected chi connectivity index (χ2v) is 4.38. The summed E-state index contributed by atoms with van der Waals surface area (Å²) in [5.74, 6) is -0.0214. The fourth-order valence-corrected chi connectivity index (χ4v) is 2.19. The minimum absolute atomic E-state index is 0.0214. The Hall–Kier alpha value is -0.970. The number of rotatable bonds is 2. The van der Waals surface area contributed by atoms with Gasteiger partial charge in [-0.1, -0.05) is 23.8 Å². The number of amides is 1. The minimum Gasteiger partial charge on any atom is -0.349 e. The Morgan fingerprint density at radius 1 is 1.43 bits per heavy atom. The van der Waals surface area contributed by atoms with Crippen molar-refractivity contribution in [1.82, 2.24) is 14.9 Å². The summed E-state index contributed by atoms with van der Waals surface area (Å²) in [5.41, 5.74) is 0. The molecule has 0 unspecified atom stereocenters. The molecule has 0 aliphatic heterocycles. The Kier molecular flexibility index (Phi) is 3.08. The van der Waals surface area contributed by atoms with Crippen LogP contribution >= 0.6 is 11.5 Å². The van der Waals surface area contributed by atoms with E-state index in [9.17, 15) is 4.79 Å². The molecule has 1 amide bonds. The van der Waals surface area contributed by atoms with Crippen molar-refractivity contribution < 1.29 is 4.79 Å². The molecular weight excluding hydrogens is 198 g/mol. The normalized spacial score (nSPS) is 18.0. The average Bonchev–Trinajstić information content (AvgIpc) is 2.72. The fraction of sp³-hybridized carbons (Fsp3) is 0.667. The van der Waals surface area contributed by atoms with Gasteiger partial charge in [0.25, 0.3) is 5.91 Å². The lowest BCUT2D eigenvalue weighted by Crippen LogP contribution is -2.35. The van der Waals surface area contributed by atoms with Gasteiger partial charge in [-0.2, -0.15) is 0 Å². The van der Waals surface area contributed by atoms with Crippen molar-refractivity contribution in [2.24, 2.45) is 0 Å². The topological polar surface area (TPSA) is 54.9 Å². The zero-order valence-electron chi connectivity index (χ0n) is 7.90. The maximum Gasteiger partial charge on any atom is 0.264 e. The number of hydrogen-bond donors (Lipinski definition) is 1. The third-order valence-corrected chi connectivity index (χ3v) is 3.19. The summed E-state index contributed by atoms with van der Waals surface area (Å²) in [7, 11) is 0. The van der Waals surface area contributed by atoms with Gasteiger partial charge in [-0.05, 0) is 24.4 Å². The molecule has 1 saturated carbocycles. The summed E-state index contributed by atoms with van der Waals surface area (Å²) in [6.07, 6.45) is 7.49. The molecule has 1 fully saturated rings. The zero-order chi connectivity index (χ0) is 9.80. The van der Waals surface area contributed by atoms with Gasteiger partial charge in [0.1, 0.15) is 4.88 Å². The van der Waals surface area contributed by atoms with Crippen molar-refractivity contribution in [3.8, 4) is 0 Å². The summed E-state index contributed by atoms with van der Waals surface area (Å²) in [4.78, 5) is 12.2. The molecule has 0 bridgehead atoms. The van der Waals surface area contributed by atoms with Crippen LogP contribution in [0.1, 0.15) is 41.8 Å². The lowest BCUT2D eigenvalue weighted by Gasteiger charge is -2.22. The van der Waals surface area contributed by atoms with Crippen LogP contribution in [-0.4, -0.2) is 21.5 Å². The molecule has 2 rings (SSSR count). The Morgan fingerprint density at radius 2 is 2.21 bits per heavy atom. The molecule has 4 nitrogen and oxygen atoms in total. The predicted octanol–water partition coefficient (Wildman–Crippen LogP) is 1.60. The highest BCUT2D eigenvalue weighted by Gasteiger charge is 2.17. The van der Waals surface area contributed by atoms with E-state index in [-0.39, 0.29) is 5.91 Å². The smallest absolute Gasteiger partial charge is 0.264 e. The van der Waals surface area contributed by atoms with Crippen LogP contribution in [0.5, 0.6) is 0 Å². The number of carbonyl (C=O) groups is 1. The largest absolute Gasteiger partial charge is 0.349 e. The second kappa shape index (κ2) is 4.50. The van der Waals surface area contributed by atoms with E-state index < -0.39 is 0 Å². The number of hydrogen-bond acceptors (Lipinski definition) is 4. The molecule has 1 N–H and O–H groups in total. The SMILES string of the molecule is O=C(NC1CCCCC1)c1cnns1. The summed E-state index contributed by atoms with van der Waals surface area (Å²) in [6.45, 7) is 0. The summed E-state index contributed by atoms with van der Waals surface area (Å²) in [6, 6.07) is 0.360. The maximum absolute atomic E-state index is 11.6. The Morgan fingerprint density at radius 3 is 2.86 bits per heavy atom.